The number of aliphatic hydroxyl groups excluding tert-OH is 4. The van der Waals surface area contributed by atoms with Crippen LogP contribution in [0.1, 0.15) is 257 Å². The van der Waals surface area contributed by atoms with Crippen LogP contribution in [0.5, 0.6) is 23.0 Å². The Labute approximate surface area is 698 Å². The molecule has 0 radical (unpaired) electrons. The fraction of sp³-hybridized carbons (Fsp3) is 0.447. The van der Waals surface area contributed by atoms with E-state index in [2.05, 4.69) is 76.5 Å². The smallest absolute Gasteiger partial charge is 0.244 e. The highest BCUT2D eigenvalue weighted by molar-refractivity contribution is 6.32. The standard InChI is InChI=1S/2C47H55NO11.2H2O/c2*1-24(16-17-31-26(3)14-10-18-46(31,6)7)11-8-12-25(2)19-35(51)48-32-20-36(58-28(5)41(32)52)59-33-22-47(57,34(50)23-49)21-30-38(33)45(56)40-39(43(30)54)42(53)29-15-9-13-27(4)37(29)44(40)55;;/h2*8-9,11-13,15-17,19,28,32-33,36,41,49,52,54,56-57H,10,14,18,20-23H2,1-7H3,(H,48,51);2*1H2/b12-8+,17-16+,24-11+,25-19+;12-8+,17-16+,24-11+,25-19-;;. The molecule has 0 spiro atoms. The van der Waals surface area contributed by atoms with E-state index in [1.807, 2.05) is 38.2 Å². The van der Waals surface area contributed by atoms with Crippen LogP contribution in [0.3, 0.4) is 0 Å². The Morgan fingerprint density at radius 1 is 0.508 bits per heavy atom. The Bertz CT molecular complexity index is 4800. The average molecular weight is 1660 g/mol. The molecule has 644 valence electrons. The van der Waals surface area contributed by atoms with Gasteiger partial charge in [-0.2, -0.15) is 0 Å². The SMILES string of the molecule is CC1=C(/C=C/C(C)=C/C=C/C(C)=C/C(=O)NC2CC(OC3CC(O)(C(=O)CO)Cc4c(O)c5c(c(O)c43)C(=O)c3c(C)cccc3C5=O)OC(C)C2O)C(C)(C)CCC1.CC1=C(/C=C/C(C)=C/C=C/C(C)=C\C(=O)NC2CC(OC3CC(O)(C(=O)CO)Cc4c(O)c5c(c(O)c43)C(=O)c3c(C)cccc3C5=O)OC(C)C2O)C(C)(C)CCC1.O.O. The molecular weight excluding hydrogens is 1540 g/mol. The van der Waals surface area contributed by atoms with Gasteiger partial charge in [-0.1, -0.05) is 147 Å². The zero-order valence-electron chi connectivity index (χ0n) is 70.4. The van der Waals surface area contributed by atoms with Gasteiger partial charge in [-0.25, -0.2) is 0 Å². The van der Waals surface area contributed by atoms with Crippen LogP contribution in [0.4, 0.5) is 0 Å². The first-order valence-corrected chi connectivity index (χ1v) is 40.3. The number of nitrogens with one attached hydrogen (secondary N) is 2. The second-order valence-corrected chi connectivity index (χ2v) is 34.3. The van der Waals surface area contributed by atoms with E-state index in [-0.39, 0.29) is 79.1 Å². The zero-order valence-corrected chi connectivity index (χ0v) is 70.4. The van der Waals surface area contributed by atoms with Crippen LogP contribution in [0, 0.1) is 24.7 Å². The van der Waals surface area contributed by atoms with Crippen molar-refractivity contribution < 1.29 is 119 Å². The van der Waals surface area contributed by atoms with Gasteiger partial charge in [-0.15, -0.1) is 0 Å². The van der Waals surface area contributed by atoms with Gasteiger partial charge >= 0.3 is 0 Å². The van der Waals surface area contributed by atoms with Crippen LogP contribution < -0.4 is 10.6 Å². The number of allylic oxidation sites excluding steroid dienone is 18. The van der Waals surface area contributed by atoms with Crippen LogP contribution in [0.15, 0.2) is 154 Å². The van der Waals surface area contributed by atoms with E-state index in [4.69, 9.17) is 18.9 Å². The van der Waals surface area contributed by atoms with Gasteiger partial charge in [0.05, 0.1) is 58.8 Å². The molecule has 12 rings (SSSR count). The predicted octanol–water partition coefficient (Wildman–Crippen LogP) is 10.3. The van der Waals surface area contributed by atoms with Crippen molar-refractivity contribution in [2.24, 2.45) is 10.8 Å². The molecule has 0 aromatic heterocycles. The fourth-order valence-electron chi connectivity index (χ4n) is 18.0. The largest absolute Gasteiger partial charge is 0.507 e. The highest BCUT2D eigenvalue weighted by Gasteiger charge is 2.53. The summed E-state index contributed by atoms with van der Waals surface area (Å²) in [7, 11) is 0. The first-order valence-electron chi connectivity index (χ1n) is 40.3. The lowest BCUT2D eigenvalue weighted by Crippen LogP contribution is -2.55. The third-order valence-electron chi connectivity index (χ3n) is 24.5. The van der Waals surface area contributed by atoms with Gasteiger partial charge in [0.2, 0.25) is 11.8 Å². The molecule has 12 atom stereocenters. The zero-order chi connectivity index (χ0) is 86.3. The summed E-state index contributed by atoms with van der Waals surface area (Å²) in [5, 5.41) is 117. The average Bonchev–Trinajstić information content (AvgIpc) is 0.714. The molecule has 120 heavy (non-hydrogen) atoms. The summed E-state index contributed by atoms with van der Waals surface area (Å²) in [6.45, 7) is 25.4. The molecule has 26 nitrogen and oxygen atoms in total. The minimum Gasteiger partial charge on any atom is -0.507 e. The third-order valence-corrected chi connectivity index (χ3v) is 24.5. The minimum absolute atomic E-state index is 0. The van der Waals surface area contributed by atoms with Gasteiger partial charge in [0.15, 0.2) is 47.3 Å². The van der Waals surface area contributed by atoms with Gasteiger partial charge in [0.25, 0.3) is 0 Å². The highest BCUT2D eigenvalue weighted by Crippen LogP contribution is 2.55. The van der Waals surface area contributed by atoms with E-state index in [0.29, 0.717) is 22.3 Å². The Morgan fingerprint density at radius 2 is 0.858 bits per heavy atom. The number of aliphatic hydroxyl groups is 6. The van der Waals surface area contributed by atoms with Gasteiger partial charge < -0.3 is 91.6 Å². The number of rotatable bonds is 20. The van der Waals surface area contributed by atoms with Crippen LogP contribution >= 0.6 is 0 Å². The molecular formula is C94H114N2O24. The highest BCUT2D eigenvalue weighted by atomic mass is 16.7. The first-order chi connectivity index (χ1) is 55.5. The maximum absolute atomic E-state index is 13.9. The Morgan fingerprint density at radius 3 is 1.20 bits per heavy atom. The number of ketones is 6. The number of hydrogen-bond donors (Lipinski definition) is 12. The number of phenolic OH excluding ortho intramolecular Hbond substituents is 4. The van der Waals surface area contributed by atoms with E-state index in [9.17, 15) is 89.4 Å². The maximum Gasteiger partial charge on any atom is 0.244 e. The topological polar surface area (TPSA) is 463 Å². The molecule has 4 aromatic carbocycles. The molecule has 2 amide bonds. The van der Waals surface area contributed by atoms with Crippen molar-refractivity contribution in [2.75, 3.05) is 13.2 Å². The van der Waals surface area contributed by atoms with E-state index < -0.39 is 203 Å². The summed E-state index contributed by atoms with van der Waals surface area (Å²) in [4.78, 5) is 108. The van der Waals surface area contributed by atoms with Crippen molar-refractivity contribution in [3.8, 4) is 23.0 Å². The van der Waals surface area contributed by atoms with Gasteiger partial charge in [0.1, 0.15) is 59.6 Å². The van der Waals surface area contributed by atoms with Crippen molar-refractivity contribution in [1.82, 2.24) is 10.6 Å². The molecule has 2 aliphatic heterocycles. The summed E-state index contributed by atoms with van der Waals surface area (Å²) in [6.07, 6.45) is 17.8. The van der Waals surface area contributed by atoms with Gasteiger partial charge in [0, 0.05) is 95.2 Å². The number of benzene rings is 4. The summed E-state index contributed by atoms with van der Waals surface area (Å²) < 4.78 is 24.5. The Kier molecular flexibility index (Phi) is 29.3. The van der Waals surface area contributed by atoms with Gasteiger partial charge in [-0.3, -0.25) is 38.4 Å². The summed E-state index contributed by atoms with van der Waals surface area (Å²) in [5.41, 5.74) is 3.35. The summed E-state index contributed by atoms with van der Waals surface area (Å²) in [5.74, 6) is -8.53. The van der Waals surface area contributed by atoms with Crippen LogP contribution in [0.2, 0.25) is 0 Å². The molecule has 6 aliphatic carbocycles. The molecule has 2 heterocycles. The molecule has 2 saturated heterocycles. The normalized spacial score (nSPS) is 26.7. The molecule has 12 unspecified atom stereocenters. The number of fused-ring (bicyclic) bond motifs is 6. The molecule has 0 saturated carbocycles. The van der Waals surface area contributed by atoms with E-state index >= 15 is 0 Å². The van der Waals surface area contributed by atoms with E-state index in [0.717, 1.165) is 36.8 Å². The van der Waals surface area contributed by atoms with Gasteiger partial charge in [-0.05, 0) is 152 Å². The lowest BCUT2D eigenvalue weighted by atomic mass is 9.71. The molecule has 8 aliphatic rings. The first kappa shape index (κ1) is 93.8. The number of phenols is 4. The number of amides is 2. The van der Waals surface area contributed by atoms with E-state index in [1.54, 1.807) is 78.0 Å². The van der Waals surface area contributed by atoms with Crippen molar-refractivity contribution in [1.29, 1.82) is 0 Å². The molecule has 2 fully saturated rings. The maximum atomic E-state index is 13.9. The number of carbonyl (C=O) groups is 8. The molecule has 16 N–H and O–H groups in total. The predicted molar refractivity (Wildman–Crippen MR) is 447 cm³/mol. The second kappa shape index (κ2) is 37.5. The lowest BCUT2D eigenvalue weighted by Gasteiger charge is -2.42. The number of hydrogen-bond acceptors (Lipinski definition) is 22. The second-order valence-electron chi connectivity index (χ2n) is 34.3. The van der Waals surface area contributed by atoms with Crippen molar-refractivity contribution in [3.05, 3.63) is 232 Å². The van der Waals surface area contributed by atoms with Crippen molar-refractivity contribution >= 4 is 46.5 Å². The number of carbonyl (C=O) groups excluding carboxylic acids is 8. The Hall–Kier alpha value is -10.0. The number of aryl methyl sites for hydroxylation is 2. The lowest BCUT2D eigenvalue weighted by molar-refractivity contribution is -0.249. The molecule has 26 heteroatoms. The van der Waals surface area contributed by atoms with Crippen LogP contribution in [-0.2, 0) is 51.0 Å². The van der Waals surface area contributed by atoms with Crippen molar-refractivity contribution in [2.45, 2.75) is 246 Å². The van der Waals surface area contributed by atoms with Crippen molar-refractivity contribution in [3.63, 3.8) is 0 Å². The summed E-state index contributed by atoms with van der Waals surface area (Å²) >= 11 is 0. The van der Waals surface area contributed by atoms with Crippen LogP contribution in [-0.4, -0.2) is 182 Å². The third kappa shape index (κ3) is 19.2. The molecule has 4 aromatic rings. The monoisotopic (exact) mass is 1650 g/mol. The minimum atomic E-state index is -2.31. The van der Waals surface area contributed by atoms with E-state index in [1.165, 1.54) is 59.4 Å². The number of Topliss-reactive ketones (excluding diaryl/α,β-unsaturated/α-hetero) is 2. The molecule has 0 bridgehead atoms. The summed E-state index contributed by atoms with van der Waals surface area (Å²) in [6, 6.07) is 7.57. The number of aromatic hydroxyl groups is 4. The quantitative estimate of drug-likeness (QED) is 0.0192. The number of ether oxygens (including phenoxy) is 4. The van der Waals surface area contributed by atoms with Crippen LogP contribution in [0.25, 0.3) is 0 Å². The fourth-order valence-corrected chi connectivity index (χ4v) is 18.0. The Balaban J connectivity index is 0.000000269.